The summed E-state index contributed by atoms with van der Waals surface area (Å²) in [4.78, 5) is 15.9. The van der Waals surface area contributed by atoms with Crippen LogP contribution in [0.2, 0.25) is 0 Å². The molecule has 18 heavy (non-hydrogen) atoms. The van der Waals surface area contributed by atoms with E-state index < -0.39 is 23.1 Å². The molecule has 0 aromatic carbocycles. The molecule has 0 bridgehead atoms. The van der Waals surface area contributed by atoms with Gasteiger partial charge in [-0.1, -0.05) is 0 Å². The van der Waals surface area contributed by atoms with Crippen molar-refractivity contribution in [2.24, 2.45) is 0 Å². The summed E-state index contributed by atoms with van der Waals surface area (Å²) >= 11 is 4.21. The number of carbonyl (C=O) groups is 1. The summed E-state index contributed by atoms with van der Waals surface area (Å²) in [6.07, 6.45) is -2.61. The van der Waals surface area contributed by atoms with E-state index in [9.17, 15) is 18.0 Å². The van der Waals surface area contributed by atoms with Crippen LogP contribution in [0.15, 0.2) is 34.4 Å². The molecular formula is C11H5BrF3NOS. The lowest BCUT2D eigenvalue weighted by Crippen LogP contribution is -2.13. The van der Waals surface area contributed by atoms with Crippen LogP contribution in [-0.4, -0.2) is 10.8 Å². The number of ketones is 1. The van der Waals surface area contributed by atoms with E-state index in [0.29, 0.717) is 4.47 Å². The highest BCUT2D eigenvalue weighted by Gasteiger charge is 2.35. The van der Waals surface area contributed by atoms with Gasteiger partial charge in [0.2, 0.25) is 5.78 Å². The molecule has 94 valence electrons. The normalized spacial score (nSPS) is 11.6. The van der Waals surface area contributed by atoms with Crippen LogP contribution < -0.4 is 0 Å². The molecule has 0 saturated heterocycles. The minimum atomic E-state index is -4.57. The van der Waals surface area contributed by atoms with Crippen LogP contribution in [0, 0.1) is 0 Å². The molecule has 2 rings (SSSR count). The standard InChI is InChI=1S/C11H5BrF3NOS/c12-8-2-4-18-10(8)9(17)6-5-16-3-1-7(6)11(13,14)15/h1-5H. The molecule has 0 aliphatic rings. The molecule has 7 heteroatoms. The van der Waals surface area contributed by atoms with E-state index in [0.717, 1.165) is 29.8 Å². The van der Waals surface area contributed by atoms with Crippen LogP contribution >= 0.6 is 27.3 Å². The molecule has 0 spiro atoms. The van der Waals surface area contributed by atoms with Gasteiger partial charge in [-0.05, 0) is 33.4 Å². The number of aromatic nitrogens is 1. The number of nitrogens with zero attached hydrogens (tertiary/aromatic N) is 1. The van der Waals surface area contributed by atoms with E-state index in [1.54, 1.807) is 11.4 Å². The number of halogens is 4. The molecule has 0 unspecified atom stereocenters. The van der Waals surface area contributed by atoms with E-state index in [4.69, 9.17) is 0 Å². The first-order valence-corrected chi connectivity index (χ1v) is 6.37. The van der Waals surface area contributed by atoms with Gasteiger partial charge < -0.3 is 0 Å². The van der Waals surface area contributed by atoms with Gasteiger partial charge in [-0.15, -0.1) is 11.3 Å². The fraction of sp³-hybridized carbons (Fsp3) is 0.0909. The van der Waals surface area contributed by atoms with E-state index in [-0.39, 0.29) is 4.88 Å². The Kier molecular flexibility index (Phi) is 3.54. The third kappa shape index (κ3) is 2.46. The second-order valence-corrected chi connectivity index (χ2v) is 5.12. The third-order valence-corrected chi connectivity index (χ3v) is 4.03. The van der Waals surface area contributed by atoms with Gasteiger partial charge in [0.15, 0.2) is 0 Å². The van der Waals surface area contributed by atoms with Crippen molar-refractivity contribution in [2.75, 3.05) is 0 Å². The van der Waals surface area contributed by atoms with Crippen molar-refractivity contribution in [3.63, 3.8) is 0 Å². The predicted octanol–water partition coefficient (Wildman–Crippen LogP) is 4.16. The number of carbonyl (C=O) groups excluding carboxylic acids is 1. The second-order valence-electron chi connectivity index (χ2n) is 3.35. The van der Waals surface area contributed by atoms with E-state index in [2.05, 4.69) is 20.9 Å². The molecule has 0 atom stereocenters. The highest BCUT2D eigenvalue weighted by Crippen LogP contribution is 2.34. The van der Waals surface area contributed by atoms with Crippen molar-refractivity contribution in [2.45, 2.75) is 6.18 Å². The summed E-state index contributed by atoms with van der Waals surface area (Å²) in [7, 11) is 0. The first kappa shape index (κ1) is 13.2. The molecule has 0 fully saturated rings. The van der Waals surface area contributed by atoms with Crippen LogP contribution in [-0.2, 0) is 6.18 Å². The van der Waals surface area contributed by atoms with E-state index >= 15 is 0 Å². The molecule has 2 aromatic rings. The molecule has 2 nitrogen and oxygen atoms in total. The molecule has 2 aromatic heterocycles. The molecule has 0 N–H and O–H groups in total. The topological polar surface area (TPSA) is 30.0 Å². The smallest absolute Gasteiger partial charge is 0.288 e. The second kappa shape index (κ2) is 4.81. The summed E-state index contributed by atoms with van der Waals surface area (Å²) in [5.74, 6) is -0.683. The predicted molar refractivity (Wildman–Crippen MR) is 64.7 cm³/mol. The van der Waals surface area contributed by atoms with E-state index in [1.807, 2.05) is 0 Å². The Balaban J connectivity index is 2.53. The molecular weight excluding hydrogens is 331 g/mol. The first-order chi connectivity index (χ1) is 8.41. The summed E-state index contributed by atoms with van der Waals surface area (Å²) in [6.45, 7) is 0. The lowest BCUT2D eigenvalue weighted by molar-refractivity contribution is -0.137. The Morgan fingerprint density at radius 3 is 2.61 bits per heavy atom. The van der Waals surface area contributed by atoms with Gasteiger partial charge in [-0.25, -0.2) is 0 Å². The number of hydrogen-bond donors (Lipinski definition) is 0. The number of thiophene rings is 1. The first-order valence-electron chi connectivity index (χ1n) is 4.70. The number of pyridine rings is 1. The van der Waals surface area contributed by atoms with Crippen molar-refractivity contribution in [3.8, 4) is 0 Å². The SMILES string of the molecule is O=C(c1cnccc1C(F)(F)F)c1sccc1Br. The molecule has 0 saturated carbocycles. The van der Waals surface area contributed by atoms with Crippen LogP contribution in [0.4, 0.5) is 13.2 Å². The van der Waals surface area contributed by atoms with Crippen molar-refractivity contribution >= 4 is 33.0 Å². The van der Waals surface area contributed by atoms with E-state index in [1.165, 1.54) is 0 Å². The van der Waals surface area contributed by atoms with Gasteiger partial charge in [-0.3, -0.25) is 9.78 Å². The maximum Gasteiger partial charge on any atom is 0.417 e. The van der Waals surface area contributed by atoms with Crippen molar-refractivity contribution < 1.29 is 18.0 Å². The number of alkyl halides is 3. The van der Waals surface area contributed by atoms with Gasteiger partial charge in [0.05, 0.1) is 16.0 Å². The van der Waals surface area contributed by atoms with Crippen LogP contribution in [0.25, 0.3) is 0 Å². The third-order valence-electron chi connectivity index (χ3n) is 2.19. The lowest BCUT2D eigenvalue weighted by Gasteiger charge is -2.10. The summed E-state index contributed by atoms with van der Waals surface area (Å²) in [5, 5.41) is 1.63. The summed E-state index contributed by atoms with van der Waals surface area (Å²) in [6, 6.07) is 2.41. The Hall–Kier alpha value is -1.21. The largest absolute Gasteiger partial charge is 0.417 e. The number of rotatable bonds is 2. The van der Waals surface area contributed by atoms with Gasteiger partial charge in [0.25, 0.3) is 0 Å². The zero-order valence-corrected chi connectivity index (χ0v) is 11.1. The molecule has 0 aliphatic carbocycles. The average molecular weight is 336 g/mol. The Morgan fingerprint density at radius 2 is 2.06 bits per heavy atom. The zero-order valence-electron chi connectivity index (χ0n) is 8.66. The highest BCUT2D eigenvalue weighted by molar-refractivity contribution is 9.10. The minimum Gasteiger partial charge on any atom is -0.288 e. The van der Waals surface area contributed by atoms with Crippen LogP contribution in [0.1, 0.15) is 20.8 Å². The summed E-state index contributed by atoms with van der Waals surface area (Å²) < 4.78 is 38.8. The molecule has 2 heterocycles. The maximum atomic E-state index is 12.8. The minimum absolute atomic E-state index is 0.230. The van der Waals surface area contributed by atoms with Crippen molar-refractivity contribution in [1.29, 1.82) is 0 Å². The Morgan fingerprint density at radius 1 is 1.33 bits per heavy atom. The van der Waals surface area contributed by atoms with Crippen molar-refractivity contribution in [3.05, 3.63) is 50.4 Å². The zero-order chi connectivity index (χ0) is 13.3. The van der Waals surface area contributed by atoms with Gasteiger partial charge in [0, 0.05) is 16.9 Å². The molecule has 0 radical (unpaired) electrons. The van der Waals surface area contributed by atoms with Gasteiger partial charge in [0.1, 0.15) is 0 Å². The van der Waals surface area contributed by atoms with Crippen LogP contribution in [0.3, 0.4) is 0 Å². The number of hydrogen-bond acceptors (Lipinski definition) is 3. The summed E-state index contributed by atoms with van der Waals surface area (Å²) in [5.41, 5.74) is -1.41. The fourth-order valence-corrected chi connectivity index (χ4v) is 2.91. The highest BCUT2D eigenvalue weighted by atomic mass is 79.9. The van der Waals surface area contributed by atoms with Crippen LogP contribution in [0.5, 0.6) is 0 Å². The quantitative estimate of drug-likeness (QED) is 0.771. The fourth-order valence-electron chi connectivity index (χ4n) is 1.40. The van der Waals surface area contributed by atoms with Gasteiger partial charge in [-0.2, -0.15) is 13.2 Å². The Bertz CT molecular complexity index is 594. The van der Waals surface area contributed by atoms with Gasteiger partial charge >= 0.3 is 6.18 Å². The molecule has 0 aliphatic heterocycles. The lowest BCUT2D eigenvalue weighted by atomic mass is 10.1. The Labute approximate surface area is 113 Å². The van der Waals surface area contributed by atoms with Crippen molar-refractivity contribution in [1.82, 2.24) is 4.98 Å². The maximum absolute atomic E-state index is 12.8. The average Bonchev–Trinajstić information content (AvgIpc) is 2.73. The molecule has 0 amide bonds. The monoisotopic (exact) mass is 335 g/mol.